The van der Waals surface area contributed by atoms with E-state index >= 15 is 0 Å². The Kier molecular flexibility index (Phi) is 3.89. The summed E-state index contributed by atoms with van der Waals surface area (Å²) in [6.45, 7) is 8.25. The summed E-state index contributed by atoms with van der Waals surface area (Å²) in [4.78, 5) is 4.22. The van der Waals surface area contributed by atoms with Crippen LogP contribution >= 0.6 is 0 Å². The molecule has 4 heteroatoms. The minimum absolute atomic E-state index is 0.472. The third-order valence-electron chi connectivity index (χ3n) is 2.04. The molecule has 74 valence electrons. The summed E-state index contributed by atoms with van der Waals surface area (Å²) < 4.78 is 1.94. The van der Waals surface area contributed by atoms with Gasteiger partial charge in [-0.1, -0.05) is 6.92 Å². The largest absolute Gasteiger partial charge is 0.314 e. The van der Waals surface area contributed by atoms with E-state index in [1.807, 2.05) is 4.68 Å². The molecule has 1 atom stereocenters. The monoisotopic (exact) mass is 182 g/mol. The smallest absolute Gasteiger partial charge is 0.138 e. The zero-order chi connectivity index (χ0) is 9.68. The topological polar surface area (TPSA) is 42.7 Å². The van der Waals surface area contributed by atoms with Crippen molar-refractivity contribution in [2.75, 3.05) is 6.54 Å². The molecule has 0 bridgehead atoms. The predicted octanol–water partition coefficient (Wildman–Crippen LogP) is 0.839. The maximum Gasteiger partial charge on any atom is 0.138 e. The molecule has 0 radical (unpaired) electrons. The Morgan fingerprint density at radius 2 is 2.31 bits per heavy atom. The van der Waals surface area contributed by atoms with Crippen LogP contribution in [0, 0.1) is 0 Å². The first kappa shape index (κ1) is 10.2. The summed E-state index contributed by atoms with van der Waals surface area (Å²) in [6, 6.07) is 0.472. The molecule has 0 saturated heterocycles. The Labute approximate surface area is 79.4 Å². The fourth-order valence-electron chi connectivity index (χ4n) is 1.40. The highest BCUT2D eigenvalue weighted by atomic mass is 15.3. The lowest BCUT2D eigenvalue weighted by Gasteiger charge is -2.11. The maximum absolute atomic E-state index is 4.22. The van der Waals surface area contributed by atoms with Crippen molar-refractivity contribution < 1.29 is 0 Å². The lowest BCUT2D eigenvalue weighted by molar-refractivity contribution is 0.521. The van der Waals surface area contributed by atoms with E-state index in [-0.39, 0.29) is 0 Å². The van der Waals surface area contributed by atoms with Crippen LogP contribution in [-0.4, -0.2) is 27.4 Å². The molecule has 0 aliphatic heterocycles. The highest BCUT2D eigenvalue weighted by molar-refractivity contribution is 4.88. The van der Waals surface area contributed by atoms with E-state index in [1.165, 1.54) is 0 Å². The van der Waals surface area contributed by atoms with E-state index in [0.29, 0.717) is 6.04 Å². The van der Waals surface area contributed by atoms with E-state index in [2.05, 4.69) is 36.2 Å². The molecule has 1 aromatic rings. The maximum atomic E-state index is 4.22. The van der Waals surface area contributed by atoms with E-state index in [1.54, 1.807) is 6.33 Å². The highest BCUT2D eigenvalue weighted by Crippen LogP contribution is 1.98. The lowest BCUT2D eigenvalue weighted by atomic mass is 10.2. The molecule has 0 saturated carbocycles. The van der Waals surface area contributed by atoms with Crippen molar-refractivity contribution in [1.82, 2.24) is 20.1 Å². The molecule has 0 amide bonds. The van der Waals surface area contributed by atoms with Crippen molar-refractivity contribution in [2.24, 2.45) is 0 Å². The van der Waals surface area contributed by atoms with Crippen LogP contribution in [0.4, 0.5) is 0 Å². The van der Waals surface area contributed by atoms with Crippen molar-refractivity contribution in [2.45, 2.75) is 39.8 Å². The van der Waals surface area contributed by atoms with Crippen LogP contribution in [0.1, 0.15) is 26.6 Å². The first-order valence-electron chi connectivity index (χ1n) is 4.88. The average Bonchev–Trinajstić information content (AvgIpc) is 2.52. The van der Waals surface area contributed by atoms with Gasteiger partial charge in [0.25, 0.3) is 0 Å². The number of rotatable bonds is 5. The fourth-order valence-corrected chi connectivity index (χ4v) is 1.40. The molecule has 0 aromatic carbocycles. The molecule has 13 heavy (non-hydrogen) atoms. The Hall–Kier alpha value is -0.900. The van der Waals surface area contributed by atoms with Crippen molar-refractivity contribution in [3.05, 3.63) is 12.2 Å². The van der Waals surface area contributed by atoms with Crippen molar-refractivity contribution >= 4 is 0 Å². The fraction of sp³-hybridized carbons (Fsp3) is 0.778. The van der Waals surface area contributed by atoms with Crippen LogP contribution in [0.5, 0.6) is 0 Å². The second kappa shape index (κ2) is 4.97. The third-order valence-corrected chi connectivity index (χ3v) is 2.04. The molecular weight excluding hydrogens is 164 g/mol. The van der Waals surface area contributed by atoms with Crippen LogP contribution in [0.15, 0.2) is 6.33 Å². The molecule has 4 nitrogen and oxygen atoms in total. The van der Waals surface area contributed by atoms with Gasteiger partial charge < -0.3 is 5.32 Å². The summed E-state index contributed by atoms with van der Waals surface area (Å²) in [6.07, 6.45) is 2.57. The van der Waals surface area contributed by atoms with Gasteiger partial charge in [-0.25, -0.2) is 4.98 Å². The summed E-state index contributed by atoms with van der Waals surface area (Å²) in [5.41, 5.74) is 0. The predicted molar refractivity (Wildman–Crippen MR) is 52.5 cm³/mol. The quantitative estimate of drug-likeness (QED) is 0.733. The summed E-state index contributed by atoms with van der Waals surface area (Å²) in [7, 11) is 0. The Morgan fingerprint density at radius 3 is 2.92 bits per heavy atom. The van der Waals surface area contributed by atoms with Gasteiger partial charge in [0.1, 0.15) is 12.2 Å². The van der Waals surface area contributed by atoms with Gasteiger partial charge >= 0.3 is 0 Å². The molecule has 0 fully saturated rings. The van der Waals surface area contributed by atoms with Crippen molar-refractivity contribution in [1.29, 1.82) is 0 Å². The average molecular weight is 182 g/mol. The molecule has 0 spiro atoms. The van der Waals surface area contributed by atoms with Crippen LogP contribution < -0.4 is 5.32 Å². The van der Waals surface area contributed by atoms with Gasteiger partial charge in [0.05, 0.1) is 0 Å². The molecule has 0 aliphatic carbocycles. The summed E-state index contributed by atoms with van der Waals surface area (Å²) >= 11 is 0. The lowest BCUT2D eigenvalue weighted by Crippen LogP contribution is -2.28. The number of nitrogens with one attached hydrogen (secondary N) is 1. The van der Waals surface area contributed by atoms with Gasteiger partial charge in [0, 0.05) is 19.0 Å². The van der Waals surface area contributed by atoms with Gasteiger partial charge in [0.2, 0.25) is 0 Å². The Morgan fingerprint density at radius 1 is 1.54 bits per heavy atom. The molecule has 1 aromatic heterocycles. The second-order valence-corrected chi connectivity index (χ2v) is 3.15. The second-order valence-electron chi connectivity index (χ2n) is 3.15. The van der Waals surface area contributed by atoms with Gasteiger partial charge in [-0.3, -0.25) is 4.68 Å². The number of likely N-dealkylation sites (N-methyl/N-ethyl adjacent to an activating group) is 1. The number of hydrogen-bond acceptors (Lipinski definition) is 3. The highest BCUT2D eigenvalue weighted by Gasteiger charge is 2.06. The zero-order valence-electron chi connectivity index (χ0n) is 8.62. The summed E-state index contributed by atoms with van der Waals surface area (Å²) in [5, 5.41) is 7.48. The first-order valence-corrected chi connectivity index (χ1v) is 4.88. The van der Waals surface area contributed by atoms with Crippen molar-refractivity contribution in [3.8, 4) is 0 Å². The Bertz CT molecular complexity index is 244. The van der Waals surface area contributed by atoms with Gasteiger partial charge in [-0.15, -0.1) is 0 Å². The molecule has 1 N–H and O–H groups in total. The van der Waals surface area contributed by atoms with Crippen LogP contribution in [0.25, 0.3) is 0 Å². The number of nitrogens with zero attached hydrogens (tertiary/aromatic N) is 3. The summed E-state index contributed by atoms with van der Waals surface area (Å²) in [5.74, 6) is 1.07. The third kappa shape index (κ3) is 2.81. The van der Waals surface area contributed by atoms with Gasteiger partial charge in [0.15, 0.2) is 0 Å². The number of aromatic nitrogens is 3. The standard InChI is InChI=1S/C9H18N4/c1-4-10-8(3)6-9-11-7-12-13(9)5-2/h7-8,10H,4-6H2,1-3H3. The molecule has 1 rings (SSSR count). The Balaban J connectivity index is 2.52. The van der Waals surface area contributed by atoms with Gasteiger partial charge in [-0.05, 0) is 20.4 Å². The van der Waals surface area contributed by atoms with E-state index in [0.717, 1.165) is 25.3 Å². The van der Waals surface area contributed by atoms with Crippen molar-refractivity contribution in [3.63, 3.8) is 0 Å². The van der Waals surface area contributed by atoms with E-state index in [9.17, 15) is 0 Å². The SMILES string of the molecule is CCNC(C)Cc1ncnn1CC. The first-order chi connectivity index (χ1) is 6.27. The van der Waals surface area contributed by atoms with E-state index in [4.69, 9.17) is 0 Å². The minimum Gasteiger partial charge on any atom is -0.314 e. The zero-order valence-corrected chi connectivity index (χ0v) is 8.62. The number of aryl methyl sites for hydroxylation is 1. The molecule has 0 aliphatic rings. The van der Waals surface area contributed by atoms with Crippen LogP contribution in [0.2, 0.25) is 0 Å². The van der Waals surface area contributed by atoms with Gasteiger partial charge in [-0.2, -0.15) is 5.10 Å². The van der Waals surface area contributed by atoms with Crippen LogP contribution in [-0.2, 0) is 13.0 Å². The van der Waals surface area contributed by atoms with E-state index < -0.39 is 0 Å². The van der Waals surface area contributed by atoms with Crippen LogP contribution in [0.3, 0.4) is 0 Å². The molecule has 1 unspecified atom stereocenters. The molecular formula is C9H18N4. The number of hydrogen-bond donors (Lipinski definition) is 1. The minimum atomic E-state index is 0.472. The molecule has 1 heterocycles. The normalized spacial score (nSPS) is 13.2.